The predicted molar refractivity (Wildman–Crippen MR) is 68.7 cm³/mol. The van der Waals surface area contributed by atoms with Crippen LogP contribution in [0.15, 0.2) is 34.7 Å². The number of rotatable bonds is 2. The summed E-state index contributed by atoms with van der Waals surface area (Å²) in [6, 6.07) is 8.94. The first-order valence-electron chi connectivity index (χ1n) is 5.22. The van der Waals surface area contributed by atoms with Crippen LogP contribution < -0.4 is 0 Å². The second-order valence-corrected chi connectivity index (χ2v) is 6.91. The van der Waals surface area contributed by atoms with Gasteiger partial charge in [-0.3, -0.25) is 0 Å². The van der Waals surface area contributed by atoms with Crippen LogP contribution in [0.25, 0.3) is 0 Å². The fraction of sp³-hybridized carbons (Fsp3) is 0.417. The zero-order chi connectivity index (χ0) is 13.1. The quantitative estimate of drug-likeness (QED) is 0.601. The Morgan fingerprint density at radius 2 is 1.71 bits per heavy atom. The van der Waals surface area contributed by atoms with Crippen molar-refractivity contribution in [3.05, 3.63) is 35.9 Å². The van der Waals surface area contributed by atoms with Gasteiger partial charge in [-0.1, -0.05) is 18.2 Å². The molecule has 0 aliphatic rings. The van der Waals surface area contributed by atoms with Crippen LogP contribution in [0.4, 0.5) is 0 Å². The molecule has 0 aliphatic heterocycles. The highest BCUT2D eigenvalue weighted by molar-refractivity contribution is 7.91. The molecule has 0 spiro atoms. The lowest BCUT2D eigenvalue weighted by atomic mass is 10.2. The van der Waals surface area contributed by atoms with Crippen molar-refractivity contribution in [3.63, 3.8) is 0 Å². The molecule has 0 amide bonds. The van der Waals surface area contributed by atoms with Crippen molar-refractivity contribution in [2.75, 3.05) is 7.11 Å². The van der Waals surface area contributed by atoms with E-state index < -0.39 is 14.8 Å². The van der Waals surface area contributed by atoms with Gasteiger partial charge in [-0.25, -0.2) is 8.42 Å². The van der Waals surface area contributed by atoms with Crippen LogP contribution in [0.3, 0.4) is 0 Å². The Morgan fingerprint density at radius 1 is 1.18 bits per heavy atom. The fourth-order valence-corrected chi connectivity index (χ4v) is 1.71. The molecular weight excluding hydrogens is 238 g/mol. The zero-order valence-electron chi connectivity index (χ0n) is 10.5. The normalized spacial score (nSPS) is 13.5. The lowest BCUT2D eigenvalue weighted by molar-refractivity contribution is 0.405. The largest absolute Gasteiger partial charge is 0.480 e. The number of nitrogens with zero attached hydrogens (tertiary/aromatic N) is 1. The molecule has 0 bridgehead atoms. The highest BCUT2D eigenvalue weighted by atomic mass is 32.2. The molecule has 0 saturated heterocycles. The van der Waals surface area contributed by atoms with Crippen LogP contribution in [0.1, 0.15) is 26.3 Å². The Kier molecular flexibility index (Phi) is 3.93. The highest BCUT2D eigenvalue weighted by Crippen LogP contribution is 2.18. The number of benzene rings is 1. The van der Waals surface area contributed by atoms with Gasteiger partial charge in [-0.15, -0.1) is 4.40 Å². The minimum atomic E-state index is -3.59. The summed E-state index contributed by atoms with van der Waals surface area (Å²) in [5.74, 6) is 0.112. The van der Waals surface area contributed by atoms with E-state index in [9.17, 15) is 8.42 Å². The predicted octanol–water partition coefficient (Wildman–Crippen LogP) is 2.21. The summed E-state index contributed by atoms with van der Waals surface area (Å²) in [7, 11) is -2.19. The van der Waals surface area contributed by atoms with Crippen molar-refractivity contribution in [2.24, 2.45) is 4.40 Å². The van der Waals surface area contributed by atoms with Gasteiger partial charge in [0.05, 0.1) is 11.9 Å². The van der Waals surface area contributed by atoms with E-state index in [0.29, 0.717) is 5.56 Å². The van der Waals surface area contributed by atoms with Gasteiger partial charge in [0.1, 0.15) is 0 Å². The molecule has 5 heteroatoms. The highest BCUT2D eigenvalue weighted by Gasteiger charge is 2.29. The molecule has 0 unspecified atom stereocenters. The molecule has 0 atom stereocenters. The minimum absolute atomic E-state index is 0.112. The van der Waals surface area contributed by atoms with Gasteiger partial charge in [0.2, 0.25) is 5.90 Å². The van der Waals surface area contributed by atoms with E-state index in [0.717, 1.165) is 0 Å². The first kappa shape index (κ1) is 13.7. The molecule has 1 aromatic rings. The molecule has 0 radical (unpaired) electrons. The van der Waals surface area contributed by atoms with Gasteiger partial charge in [0.15, 0.2) is 0 Å². The van der Waals surface area contributed by atoms with Crippen LogP contribution in [-0.4, -0.2) is 26.2 Å². The number of sulfonamides is 1. The topological polar surface area (TPSA) is 55.7 Å². The molecule has 17 heavy (non-hydrogen) atoms. The molecule has 4 nitrogen and oxygen atoms in total. The summed E-state index contributed by atoms with van der Waals surface area (Å²) >= 11 is 0. The molecule has 0 fully saturated rings. The average molecular weight is 255 g/mol. The second kappa shape index (κ2) is 4.87. The maximum absolute atomic E-state index is 11.9. The third kappa shape index (κ3) is 3.30. The molecule has 0 aromatic heterocycles. The first-order chi connectivity index (χ1) is 7.78. The fourth-order valence-electron chi connectivity index (χ4n) is 1.03. The molecule has 0 aliphatic carbocycles. The summed E-state index contributed by atoms with van der Waals surface area (Å²) in [6.45, 7) is 4.80. The van der Waals surface area contributed by atoms with E-state index in [4.69, 9.17) is 4.74 Å². The van der Waals surface area contributed by atoms with E-state index in [-0.39, 0.29) is 5.90 Å². The van der Waals surface area contributed by atoms with Crippen molar-refractivity contribution < 1.29 is 13.2 Å². The number of hydrogen-bond donors (Lipinski definition) is 0. The molecule has 0 N–H and O–H groups in total. The van der Waals surface area contributed by atoms with Crippen molar-refractivity contribution in [2.45, 2.75) is 25.5 Å². The monoisotopic (exact) mass is 255 g/mol. The number of methoxy groups -OCH3 is 1. The van der Waals surface area contributed by atoms with Crippen molar-refractivity contribution in [3.8, 4) is 0 Å². The van der Waals surface area contributed by atoms with Gasteiger partial charge in [0, 0.05) is 5.56 Å². The Balaban J connectivity index is 3.22. The van der Waals surface area contributed by atoms with Crippen molar-refractivity contribution in [1.29, 1.82) is 0 Å². The zero-order valence-corrected chi connectivity index (χ0v) is 11.3. The lowest BCUT2D eigenvalue weighted by Gasteiger charge is -2.16. The molecule has 94 valence electrons. The van der Waals surface area contributed by atoms with E-state index in [1.807, 2.05) is 6.07 Å². The summed E-state index contributed by atoms with van der Waals surface area (Å²) < 4.78 is 31.7. The van der Waals surface area contributed by atoms with Gasteiger partial charge >= 0.3 is 0 Å². The standard InChI is InChI=1S/C12H17NO3S/c1-12(2,3)17(14,15)13-11(16-4)10-8-6-5-7-9-10/h5-9H,1-4H3/b13-11-. The van der Waals surface area contributed by atoms with Gasteiger partial charge < -0.3 is 4.74 Å². The Bertz CT molecular complexity index is 498. The first-order valence-corrected chi connectivity index (χ1v) is 6.66. The lowest BCUT2D eigenvalue weighted by Crippen LogP contribution is -2.27. The molecule has 0 saturated carbocycles. The van der Waals surface area contributed by atoms with E-state index in [1.165, 1.54) is 7.11 Å². The SMILES string of the molecule is CO/C(=N\S(=O)(=O)C(C)(C)C)c1ccccc1. The summed E-state index contributed by atoms with van der Waals surface area (Å²) in [6.07, 6.45) is 0. The van der Waals surface area contributed by atoms with Crippen LogP contribution in [0.5, 0.6) is 0 Å². The van der Waals surface area contributed by atoms with Crippen LogP contribution >= 0.6 is 0 Å². The van der Waals surface area contributed by atoms with Crippen LogP contribution in [0, 0.1) is 0 Å². The average Bonchev–Trinajstić information content (AvgIpc) is 2.25. The van der Waals surface area contributed by atoms with Crippen LogP contribution in [0.2, 0.25) is 0 Å². The maximum atomic E-state index is 11.9. The minimum Gasteiger partial charge on any atom is -0.480 e. The third-order valence-corrected chi connectivity index (χ3v) is 4.14. The molecule has 1 rings (SSSR count). The number of hydrogen-bond acceptors (Lipinski definition) is 3. The Hall–Kier alpha value is -1.36. The smallest absolute Gasteiger partial charge is 0.261 e. The third-order valence-electron chi connectivity index (χ3n) is 2.19. The molecule has 0 heterocycles. The van der Waals surface area contributed by atoms with E-state index >= 15 is 0 Å². The second-order valence-electron chi connectivity index (χ2n) is 4.55. The van der Waals surface area contributed by atoms with Crippen molar-refractivity contribution in [1.82, 2.24) is 0 Å². The Morgan fingerprint density at radius 3 is 2.12 bits per heavy atom. The summed E-state index contributed by atoms with van der Waals surface area (Å²) in [4.78, 5) is 0. The van der Waals surface area contributed by atoms with Gasteiger partial charge in [0.25, 0.3) is 10.0 Å². The van der Waals surface area contributed by atoms with Crippen molar-refractivity contribution >= 4 is 15.9 Å². The van der Waals surface area contributed by atoms with Gasteiger partial charge in [-0.2, -0.15) is 0 Å². The van der Waals surface area contributed by atoms with Gasteiger partial charge in [-0.05, 0) is 32.9 Å². The summed E-state index contributed by atoms with van der Waals surface area (Å²) in [5.41, 5.74) is 0.642. The van der Waals surface area contributed by atoms with Crippen LogP contribution in [-0.2, 0) is 14.8 Å². The van der Waals surface area contributed by atoms with E-state index in [1.54, 1.807) is 45.0 Å². The van der Waals surface area contributed by atoms with E-state index in [2.05, 4.69) is 4.40 Å². The Labute approximate surface area is 102 Å². The maximum Gasteiger partial charge on any atom is 0.261 e. The molecular formula is C12H17NO3S. The molecule has 1 aromatic carbocycles. The number of ether oxygens (including phenoxy) is 1. The summed E-state index contributed by atoms with van der Waals surface area (Å²) in [5, 5.41) is 0.